The summed E-state index contributed by atoms with van der Waals surface area (Å²) in [4.78, 5) is 47.8. The zero-order chi connectivity index (χ0) is 22.1. The van der Waals surface area contributed by atoms with Crippen LogP contribution in [-0.2, 0) is 14.3 Å². The highest BCUT2D eigenvalue weighted by Gasteiger charge is 2.19. The van der Waals surface area contributed by atoms with Gasteiger partial charge in [0.2, 0.25) is 0 Å². The Morgan fingerprint density at radius 3 is 2.47 bits per heavy atom. The van der Waals surface area contributed by atoms with Gasteiger partial charge in [-0.25, -0.2) is 0 Å². The normalized spacial score (nSPS) is 11.2. The first-order valence-electron chi connectivity index (χ1n) is 9.34. The van der Waals surface area contributed by atoms with Crippen molar-refractivity contribution in [2.24, 2.45) is 0 Å². The molecule has 2 N–H and O–H groups in total. The number of carbonyl (C=O) groups is 4. The summed E-state index contributed by atoms with van der Waals surface area (Å²) in [7, 11) is 1.46. The van der Waals surface area contributed by atoms with E-state index in [9.17, 15) is 19.2 Å². The van der Waals surface area contributed by atoms with Gasteiger partial charge in [-0.2, -0.15) is 0 Å². The number of hydrogen-bond donors (Lipinski definition) is 2. The second-order valence-corrected chi connectivity index (χ2v) is 6.46. The zero-order valence-corrected chi connectivity index (χ0v) is 17.1. The van der Waals surface area contributed by atoms with E-state index in [2.05, 4.69) is 10.6 Å². The van der Waals surface area contributed by atoms with Gasteiger partial charge in [-0.1, -0.05) is 24.3 Å². The summed E-state index contributed by atoms with van der Waals surface area (Å²) in [6.45, 7) is 2.91. The topological polar surface area (TPSA) is 111 Å². The molecule has 2 rings (SSSR count). The fourth-order valence-electron chi connectivity index (χ4n) is 2.57. The first-order chi connectivity index (χ1) is 14.3. The highest BCUT2D eigenvalue weighted by molar-refractivity contribution is 5.99. The number of methoxy groups -OCH3 is 1. The van der Waals surface area contributed by atoms with E-state index < -0.39 is 18.0 Å². The minimum Gasteiger partial charge on any atom is -0.496 e. The summed E-state index contributed by atoms with van der Waals surface area (Å²) in [5.74, 6) is -1.23. The Labute approximate surface area is 174 Å². The van der Waals surface area contributed by atoms with E-state index in [1.807, 2.05) is 0 Å². The van der Waals surface area contributed by atoms with Crippen molar-refractivity contribution in [1.29, 1.82) is 0 Å². The van der Waals surface area contributed by atoms with Gasteiger partial charge in [-0.15, -0.1) is 0 Å². The Balaban J connectivity index is 1.80. The largest absolute Gasteiger partial charge is 0.496 e. The van der Waals surface area contributed by atoms with Gasteiger partial charge < -0.3 is 20.1 Å². The van der Waals surface area contributed by atoms with Crippen molar-refractivity contribution < 1.29 is 28.7 Å². The van der Waals surface area contributed by atoms with Crippen LogP contribution in [0.2, 0.25) is 0 Å². The van der Waals surface area contributed by atoms with Crippen molar-refractivity contribution in [3.05, 3.63) is 59.7 Å². The van der Waals surface area contributed by atoms with Crippen LogP contribution in [0.25, 0.3) is 0 Å². The average molecular weight is 412 g/mol. The Morgan fingerprint density at radius 2 is 1.77 bits per heavy atom. The van der Waals surface area contributed by atoms with Gasteiger partial charge in [0, 0.05) is 17.8 Å². The lowest BCUT2D eigenvalue weighted by Crippen LogP contribution is -2.32. The fourth-order valence-corrected chi connectivity index (χ4v) is 2.57. The van der Waals surface area contributed by atoms with Gasteiger partial charge in [0.05, 0.1) is 19.1 Å². The van der Waals surface area contributed by atoms with Crippen LogP contribution in [-0.4, -0.2) is 43.3 Å². The van der Waals surface area contributed by atoms with Crippen LogP contribution in [0.1, 0.15) is 41.0 Å². The number of benzene rings is 2. The molecular formula is C22H24N2O6. The number of hydrogen-bond acceptors (Lipinski definition) is 6. The molecule has 30 heavy (non-hydrogen) atoms. The molecule has 2 aromatic rings. The number of anilines is 1. The molecule has 0 bridgehead atoms. The van der Waals surface area contributed by atoms with Crippen LogP contribution in [0, 0.1) is 0 Å². The third-order valence-electron chi connectivity index (χ3n) is 4.18. The predicted octanol–water partition coefficient (Wildman–Crippen LogP) is 2.59. The maximum Gasteiger partial charge on any atom is 0.308 e. The third kappa shape index (κ3) is 6.44. The predicted molar refractivity (Wildman–Crippen MR) is 111 cm³/mol. The number of ether oxygens (including phenoxy) is 2. The molecule has 0 aromatic heterocycles. The summed E-state index contributed by atoms with van der Waals surface area (Å²) in [6.07, 6.45) is -1.14. The number of rotatable bonds is 9. The second-order valence-electron chi connectivity index (χ2n) is 6.46. The lowest BCUT2D eigenvalue weighted by molar-refractivity contribution is -0.153. The van der Waals surface area contributed by atoms with Gasteiger partial charge in [-0.3, -0.25) is 19.2 Å². The molecule has 0 fully saturated rings. The first kappa shape index (κ1) is 22.6. The molecule has 0 saturated carbocycles. The summed E-state index contributed by atoms with van der Waals surface area (Å²) >= 11 is 0. The van der Waals surface area contributed by atoms with E-state index in [0.29, 0.717) is 22.6 Å². The van der Waals surface area contributed by atoms with E-state index in [-0.39, 0.29) is 24.7 Å². The van der Waals surface area contributed by atoms with Crippen molar-refractivity contribution in [1.82, 2.24) is 5.32 Å². The quantitative estimate of drug-likeness (QED) is 0.484. The molecule has 0 aliphatic heterocycles. The van der Waals surface area contributed by atoms with Crippen molar-refractivity contribution in [2.45, 2.75) is 26.4 Å². The summed E-state index contributed by atoms with van der Waals surface area (Å²) in [5, 5.41) is 5.21. The van der Waals surface area contributed by atoms with Crippen LogP contribution in [0.5, 0.6) is 5.75 Å². The minimum atomic E-state index is -1.04. The third-order valence-corrected chi connectivity index (χ3v) is 4.18. The van der Waals surface area contributed by atoms with Crippen molar-refractivity contribution in [3.8, 4) is 5.75 Å². The Morgan fingerprint density at radius 1 is 1.03 bits per heavy atom. The number of esters is 1. The van der Waals surface area contributed by atoms with Crippen LogP contribution in [0.15, 0.2) is 48.5 Å². The second kappa shape index (κ2) is 10.8. The number of amides is 2. The molecule has 158 valence electrons. The van der Waals surface area contributed by atoms with Crippen molar-refractivity contribution in [3.63, 3.8) is 0 Å². The zero-order valence-electron chi connectivity index (χ0n) is 17.1. The Hall–Kier alpha value is -3.68. The van der Waals surface area contributed by atoms with Crippen LogP contribution < -0.4 is 15.4 Å². The van der Waals surface area contributed by atoms with Gasteiger partial charge >= 0.3 is 5.97 Å². The minimum absolute atomic E-state index is 0.0463. The molecule has 8 nitrogen and oxygen atoms in total. The molecule has 2 amide bonds. The molecule has 0 aliphatic carbocycles. The Kier molecular flexibility index (Phi) is 8.10. The highest BCUT2D eigenvalue weighted by Crippen LogP contribution is 2.16. The van der Waals surface area contributed by atoms with Gasteiger partial charge in [0.25, 0.3) is 11.8 Å². The summed E-state index contributed by atoms with van der Waals surface area (Å²) in [6, 6.07) is 13.2. The molecule has 0 radical (unpaired) electrons. The molecule has 8 heteroatoms. The molecule has 0 heterocycles. The summed E-state index contributed by atoms with van der Waals surface area (Å²) < 4.78 is 10.2. The number of carbonyl (C=O) groups excluding carboxylic acids is 4. The first-order valence-corrected chi connectivity index (χ1v) is 9.34. The average Bonchev–Trinajstić information content (AvgIpc) is 2.73. The molecule has 0 unspecified atom stereocenters. The van der Waals surface area contributed by atoms with Crippen LogP contribution in [0.4, 0.5) is 5.69 Å². The van der Waals surface area contributed by atoms with E-state index >= 15 is 0 Å². The number of para-hydroxylation sites is 1. The van der Waals surface area contributed by atoms with Gasteiger partial charge in [0.1, 0.15) is 5.75 Å². The van der Waals surface area contributed by atoms with Crippen LogP contribution >= 0.6 is 0 Å². The van der Waals surface area contributed by atoms with Crippen molar-refractivity contribution >= 4 is 29.3 Å². The summed E-state index contributed by atoms with van der Waals surface area (Å²) in [5.41, 5.74) is 1.25. The molecule has 1 atom stereocenters. The van der Waals surface area contributed by atoms with Crippen molar-refractivity contribution in [2.75, 3.05) is 19.0 Å². The van der Waals surface area contributed by atoms with E-state index in [4.69, 9.17) is 9.47 Å². The molecule has 0 aliphatic rings. The lowest BCUT2D eigenvalue weighted by atomic mass is 10.1. The molecule has 2 aromatic carbocycles. The highest BCUT2D eigenvalue weighted by atomic mass is 16.5. The number of Topliss-reactive ketones (excluding diaryl/α,β-unsaturated/α-hetero) is 1. The number of ketones is 1. The monoisotopic (exact) mass is 412 g/mol. The maximum absolute atomic E-state index is 12.2. The standard InChI is InChI=1S/C22H24N2O6/c1-14(25)16-7-6-8-17(13-16)24-21(27)15(2)30-20(26)11-12-23-22(28)18-9-4-5-10-19(18)29-3/h4-10,13,15H,11-12H2,1-3H3,(H,23,28)(H,24,27)/t15-/m1/s1. The smallest absolute Gasteiger partial charge is 0.308 e. The van der Waals surface area contributed by atoms with E-state index in [1.54, 1.807) is 48.5 Å². The maximum atomic E-state index is 12.2. The molecule has 0 saturated heterocycles. The molecular weight excluding hydrogens is 388 g/mol. The lowest BCUT2D eigenvalue weighted by Gasteiger charge is -2.14. The van der Waals surface area contributed by atoms with E-state index in [1.165, 1.54) is 21.0 Å². The fraction of sp³-hybridized carbons (Fsp3) is 0.273. The van der Waals surface area contributed by atoms with Crippen LogP contribution in [0.3, 0.4) is 0 Å². The molecule has 0 spiro atoms. The Bertz CT molecular complexity index is 941. The van der Waals surface area contributed by atoms with Gasteiger partial charge in [0.15, 0.2) is 11.9 Å². The van der Waals surface area contributed by atoms with Gasteiger partial charge in [-0.05, 0) is 38.1 Å². The SMILES string of the molecule is COc1ccccc1C(=O)NCCC(=O)O[C@H](C)C(=O)Nc1cccc(C(C)=O)c1. The number of nitrogens with one attached hydrogen (secondary N) is 2. The van der Waals surface area contributed by atoms with E-state index in [0.717, 1.165) is 0 Å².